The number of hydrogen-bond donors (Lipinski definition) is 4. The first-order chi connectivity index (χ1) is 16.4. The largest absolute Gasteiger partial charge is 0.488 e. The topological polar surface area (TPSA) is 131 Å². The number of anilines is 1. The molecule has 0 atom stereocenters. The van der Waals surface area contributed by atoms with Crippen LogP contribution in [0.1, 0.15) is 32.9 Å². The van der Waals surface area contributed by atoms with Gasteiger partial charge >= 0.3 is 7.12 Å². The molecule has 5 rings (SSSR count). The van der Waals surface area contributed by atoms with Gasteiger partial charge in [0.2, 0.25) is 5.91 Å². The first-order valence-electron chi connectivity index (χ1n) is 11.0. The Morgan fingerprint density at radius 2 is 2.06 bits per heavy atom. The Balaban J connectivity index is 1.57. The molecule has 0 bridgehead atoms. The number of aryl methyl sites for hydroxylation is 2. The van der Waals surface area contributed by atoms with Crippen molar-refractivity contribution in [1.82, 2.24) is 9.97 Å². The molecule has 34 heavy (non-hydrogen) atoms. The zero-order chi connectivity index (χ0) is 23.8. The highest BCUT2D eigenvalue weighted by Gasteiger charge is 2.24. The van der Waals surface area contributed by atoms with Crippen LogP contribution in [0.25, 0.3) is 21.5 Å². The van der Waals surface area contributed by atoms with Gasteiger partial charge in [0.15, 0.2) is 17.4 Å². The second-order valence-corrected chi connectivity index (χ2v) is 9.40. The third kappa shape index (κ3) is 4.11. The molecule has 4 aromatic rings. The summed E-state index contributed by atoms with van der Waals surface area (Å²) >= 11 is 1.51. The lowest BCUT2D eigenvalue weighted by Gasteiger charge is -2.21. The number of aromatic nitrogens is 2. The van der Waals surface area contributed by atoms with Crippen molar-refractivity contribution >= 4 is 45.7 Å². The van der Waals surface area contributed by atoms with Crippen LogP contribution in [0.4, 0.5) is 5.82 Å². The van der Waals surface area contributed by atoms with Crippen LogP contribution in [0.15, 0.2) is 42.5 Å². The molecule has 1 aliphatic heterocycles. The normalized spacial score (nSPS) is 12.8. The lowest BCUT2D eigenvalue weighted by Crippen LogP contribution is -2.30. The minimum Gasteiger partial charge on any atom is -0.488 e. The zero-order valence-corrected chi connectivity index (χ0v) is 19.4. The summed E-state index contributed by atoms with van der Waals surface area (Å²) in [5.74, 6) is 1.33. The van der Waals surface area contributed by atoms with E-state index in [4.69, 9.17) is 20.4 Å². The third-order valence-corrected chi connectivity index (χ3v) is 6.98. The molecule has 1 aliphatic rings. The average Bonchev–Trinajstić information content (AvgIpc) is 3.18. The number of nitrogens with zero attached hydrogens (tertiary/aromatic N) is 2. The lowest BCUT2D eigenvalue weighted by molar-refractivity contribution is 0.100. The molecular weight excluding hydrogens is 451 g/mol. The second-order valence-electron chi connectivity index (χ2n) is 8.18. The molecule has 2 aromatic heterocycles. The molecule has 0 radical (unpaired) electrons. The van der Waals surface area contributed by atoms with E-state index in [0.29, 0.717) is 41.6 Å². The van der Waals surface area contributed by atoms with Gasteiger partial charge in [-0.1, -0.05) is 36.4 Å². The van der Waals surface area contributed by atoms with Crippen LogP contribution in [0.2, 0.25) is 0 Å². The van der Waals surface area contributed by atoms with E-state index < -0.39 is 13.0 Å². The fourth-order valence-corrected chi connectivity index (χ4v) is 5.39. The van der Waals surface area contributed by atoms with Crippen molar-refractivity contribution in [3.8, 4) is 17.1 Å². The van der Waals surface area contributed by atoms with Gasteiger partial charge in [-0.15, -0.1) is 11.3 Å². The van der Waals surface area contributed by atoms with Crippen LogP contribution < -0.4 is 21.3 Å². The Bertz CT molecular complexity index is 1410. The van der Waals surface area contributed by atoms with Crippen LogP contribution in [0.3, 0.4) is 0 Å². The summed E-state index contributed by atoms with van der Waals surface area (Å²) in [5.41, 5.74) is 9.10. The summed E-state index contributed by atoms with van der Waals surface area (Å²) in [6.07, 6.45) is 1.65. The van der Waals surface area contributed by atoms with Crippen molar-refractivity contribution in [3.63, 3.8) is 0 Å². The Kier molecular flexibility index (Phi) is 5.95. The van der Waals surface area contributed by atoms with E-state index >= 15 is 0 Å². The fourth-order valence-electron chi connectivity index (χ4n) is 4.22. The predicted octanol–water partition coefficient (Wildman–Crippen LogP) is 2.38. The number of benzene rings is 2. The summed E-state index contributed by atoms with van der Waals surface area (Å²) in [5, 5.41) is 23.2. The standard InChI is InChI=1S/C24H23BN4O4S/c1-13-19(16-7-3-8-17(22(26)30)21(16)34-13)23-28-18-9-4-10-33-20(18)24(29-23)27-12-14-5-2-6-15(11-14)25(31)32/h2-3,5-8,11,31-32H,4,9-10,12H2,1H3,(H2,26,30)(H,27,28,29). The van der Waals surface area contributed by atoms with Crippen molar-refractivity contribution in [3.05, 3.63) is 64.2 Å². The molecular formula is C24H23BN4O4S. The zero-order valence-electron chi connectivity index (χ0n) is 18.5. The quantitative estimate of drug-likeness (QED) is 0.316. The van der Waals surface area contributed by atoms with Gasteiger partial charge in [0.1, 0.15) is 0 Å². The maximum Gasteiger partial charge on any atom is 0.488 e. The molecule has 2 aromatic carbocycles. The monoisotopic (exact) mass is 474 g/mol. The van der Waals surface area contributed by atoms with Gasteiger partial charge in [-0.05, 0) is 36.9 Å². The molecule has 3 heterocycles. The minimum atomic E-state index is -1.53. The summed E-state index contributed by atoms with van der Waals surface area (Å²) < 4.78 is 6.75. The van der Waals surface area contributed by atoms with Crippen molar-refractivity contribution < 1.29 is 19.6 Å². The van der Waals surface area contributed by atoms with E-state index in [-0.39, 0.29) is 0 Å². The predicted molar refractivity (Wildman–Crippen MR) is 134 cm³/mol. The molecule has 0 fully saturated rings. The van der Waals surface area contributed by atoms with E-state index in [1.54, 1.807) is 24.3 Å². The van der Waals surface area contributed by atoms with Crippen molar-refractivity contribution in [1.29, 1.82) is 0 Å². The van der Waals surface area contributed by atoms with Gasteiger partial charge < -0.3 is 25.8 Å². The number of rotatable bonds is 6. The van der Waals surface area contributed by atoms with Crippen LogP contribution in [0.5, 0.6) is 5.75 Å². The highest BCUT2D eigenvalue weighted by molar-refractivity contribution is 7.20. The van der Waals surface area contributed by atoms with Gasteiger partial charge in [0, 0.05) is 27.1 Å². The van der Waals surface area contributed by atoms with E-state index in [9.17, 15) is 14.8 Å². The number of amides is 1. The molecule has 172 valence electrons. The summed E-state index contributed by atoms with van der Waals surface area (Å²) in [6.45, 7) is 3.00. The number of carbonyl (C=O) groups excluding carboxylic acids is 1. The van der Waals surface area contributed by atoms with Crippen molar-refractivity contribution in [2.45, 2.75) is 26.3 Å². The van der Waals surface area contributed by atoms with Gasteiger partial charge in [-0.25, -0.2) is 9.97 Å². The van der Waals surface area contributed by atoms with Gasteiger partial charge in [0.25, 0.3) is 0 Å². The molecule has 0 saturated heterocycles. The third-order valence-electron chi connectivity index (χ3n) is 5.83. The maximum absolute atomic E-state index is 11.9. The number of nitrogens with two attached hydrogens (primary N) is 1. The van der Waals surface area contributed by atoms with Gasteiger partial charge in [-0.3, -0.25) is 4.79 Å². The fraction of sp³-hybridized carbons (Fsp3) is 0.208. The Morgan fingerprint density at radius 3 is 2.85 bits per heavy atom. The lowest BCUT2D eigenvalue weighted by atomic mass is 9.80. The second kappa shape index (κ2) is 9.05. The highest BCUT2D eigenvalue weighted by Crippen LogP contribution is 2.41. The van der Waals surface area contributed by atoms with Crippen molar-refractivity contribution in [2.75, 3.05) is 11.9 Å². The number of hydrogen-bond acceptors (Lipinski definition) is 8. The number of carbonyl (C=O) groups is 1. The number of ether oxygens (including phenoxy) is 1. The molecule has 1 amide bonds. The van der Waals surface area contributed by atoms with Crippen molar-refractivity contribution in [2.24, 2.45) is 5.73 Å². The van der Waals surface area contributed by atoms with E-state index in [1.807, 2.05) is 25.1 Å². The van der Waals surface area contributed by atoms with E-state index in [1.165, 1.54) is 11.3 Å². The summed E-state index contributed by atoms with van der Waals surface area (Å²) in [4.78, 5) is 22.6. The molecule has 0 aliphatic carbocycles. The number of primary amides is 1. The number of nitrogens with one attached hydrogen (secondary N) is 1. The molecule has 10 heteroatoms. The Hall–Kier alpha value is -3.47. The molecule has 0 unspecified atom stereocenters. The first kappa shape index (κ1) is 22.3. The average molecular weight is 474 g/mol. The van der Waals surface area contributed by atoms with Gasteiger partial charge in [0.05, 0.1) is 17.9 Å². The molecule has 8 nitrogen and oxygen atoms in total. The maximum atomic E-state index is 11.9. The summed E-state index contributed by atoms with van der Waals surface area (Å²) in [6, 6.07) is 12.6. The van der Waals surface area contributed by atoms with Crippen LogP contribution in [-0.2, 0) is 13.0 Å². The SMILES string of the molecule is Cc1sc2c(C(N)=O)cccc2c1-c1nc2c(c(NCc3cccc(B(O)O)c3)n1)OCCC2. The first-order valence-corrected chi connectivity index (χ1v) is 11.8. The van der Waals surface area contributed by atoms with Crippen LogP contribution in [-0.4, -0.2) is 39.6 Å². The van der Waals surface area contributed by atoms with E-state index in [2.05, 4.69) is 5.32 Å². The van der Waals surface area contributed by atoms with E-state index in [0.717, 1.165) is 44.6 Å². The Morgan fingerprint density at radius 1 is 1.24 bits per heavy atom. The minimum absolute atomic E-state index is 0.419. The summed E-state index contributed by atoms with van der Waals surface area (Å²) in [7, 11) is -1.53. The van der Waals surface area contributed by atoms with Crippen LogP contribution in [0, 0.1) is 6.92 Å². The molecule has 0 saturated carbocycles. The Labute approximate surface area is 200 Å². The molecule has 5 N–H and O–H groups in total. The molecule has 0 spiro atoms. The smallest absolute Gasteiger partial charge is 0.488 e. The number of fused-ring (bicyclic) bond motifs is 2. The van der Waals surface area contributed by atoms with Crippen LogP contribution >= 0.6 is 11.3 Å². The number of thiophene rings is 1. The highest BCUT2D eigenvalue weighted by atomic mass is 32.1. The van der Waals surface area contributed by atoms with Gasteiger partial charge in [-0.2, -0.15) is 0 Å².